The molecule has 2 aromatic rings. The second kappa shape index (κ2) is 6.22. The maximum absolute atomic E-state index is 9.92. The third-order valence-electron chi connectivity index (χ3n) is 3.94. The van der Waals surface area contributed by atoms with E-state index in [2.05, 4.69) is 35.0 Å². The molecule has 20 heavy (non-hydrogen) atoms. The molecule has 1 aromatic carbocycles. The van der Waals surface area contributed by atoms with Gasteiger partial charge in [0.2, 0.25) is 0 Å². The van der Waals surface area contributed by atoms with E-state index in [-0.39, 0.29) is 0 Å². The molecule has 1 saturated heterocycles. The molecule has 108 valence electrons. The zero-order valence-electron chi connectivity index (χ0n) is 11.6. The highest BCUT2D eigenvalue weighted by atomic mass is 32.1. The van der Waals surface area contributed by atoms with Crippen molar-refractivity contribution < 1.29 is 9.84 Å². The van der Waals surface area contributed by atoms with Crippen LogP contribution in [-0.4, -0.2) is 37.0 Å². The number of hydrogen-bond donors (Lipinski definition) is 2. The molecule has 0 aliphatic carbocycles. The van der Waals surface area contributed by atoms with E-state index in [1.807, 2.05) is 0 Å². The average Bonchev–Trinajstić information content (AvgIpc) is 2.89. The van der Waals surface area contributed by atoms with Crippen molar-refractivity contribution >= 4 is 21.4 Å². The summed E-state index contributed by atoms with van der Waals surface area (Å²) in [5.74, 6) is 0. The summed E-state index contributed by atoms with van der Waals surface area (Å²) in [5.41, 5.74) is 0.900. The standard InChI is InChI=1S/C16H21NO2S/c18-16(11-17-12-16)7-2-8-19-9-5-13-3-1-4-15-14(13)6-10-20-15/h1,3-4,6,10,17-18H,2,5,7-9,11-12H2. The van der Waals surface area contributed by atoms with E-state index < -0.39 is 5.60 Å². The molecule has 0 spiro atoms. The molecular weight excluding hydrogens is 270 g/mol. The van der Waals surface area contributed by atoms with Crippen LogP contribution >= 0.6 is 11.3 Å². The lowest BCUT2D eigenvalue weighted by Gasteiger charge is -2.37. The largest absolute Gasteiger partial charge is 0.387 e. The lowest BCUT2D eigenvalue weighted by atomic mass is 9.92. The summed E-state index contributed by atoms with van der Waals surface area (Å²) in [7, 11) is 0. The van der Waals surface area contributed by atoms with Crippen LogP contribution < -0.4 is 5.32 Å². The minimum atomic E-state index is -0.467. The normalized spacial score (nSPS) is 17.2. The lowest BCUT2D eigenvalue weighted by Crippen LogP contribution is -2.59. The first-order chi connectivity index (χ1) is 9.77. The summed E-state index contributed by atoms with van der Waals surface area (Å²) < 4.78 is 7.05. The smallest absolute Gasteiger partial charge is 0.0895 e. The fourth-order valence-corrected chi connectivity index (χ4v) is 3.49. The Balaban J connectivity index is 1.38. The summed E-state index contributed by atoms with van der Waals surface area (Å²) >= 11 is 1.79. The van der Waals surface area contributed by atoms with Gasteiger partial charge >= 0.3 is 0 Å². The fourth-order valence-electron chi connectivity index (χ4n) is 2.65. The first-order valence-electron chi connectivity index (χ1n) is 7.23. The summed E-state index contributed by atoms with van der Waals surface area (Å²) in [6, 6.07) is 8.65. The molecule has 4 heteroatoms. The predicted molar refractivity (Wildman–Crippen MR) is 83.4 cm³/mol. The van der Waals surface area contributed by atoms with Gasteiger partial charge in [-0.25, -0.2) is 0 Å². The molecule has 0 bridgehead atoms. The molecule has 0 radical (unpaired) electrons. The highest BCUT2D eigenvalue weighted by Crippen LogP contribution is 2.24. The van der Waals surface area contributed by atoms with Crippen molar-refractivity contribution in [2.75, 3.05) is 26.3 Å². The number of aliphatic hydroxyl groups is 1. The van der Waals surface area contributed by atoms with Gasteiger partial charge in [-0.15, -0.1) is 11.3 Å². The lowest BCUT2D eigenvalue weighted by molar-refractivity contribution is -0.0246. The molecule has 1 aliphatic heterocycles. The van der Waals surface area contributed by atoms with Gasteiger partial charge in [0.1, 0.15) is 0 Å². The Bertz CT molecular complexity index is 562. The third-order valence-corrected chi connectivity index (χ3v) is 4.82. The Morgan fingerprint density at radius 3 is 2.95 bits per heavy atom. The van der Waals surface area contributed by atoms with Crippen LogP contribution in [-0.2, 0) is 11.2 Å². The second-order valence-corrected chi connectivity index (χ2v) is 6.49. The fraction of sp³-hybridized carbons (Fsp3) is 0.500. The molecule has 3 nitrogen and oxygen atoms in total. The summed E-state index contributed by atoms with van der Waals surface area (Å²) in [6.07, 6.45) is 2.72. The number of hydrogen-bond acceptors (Lipinski definition) is 4. The second-order valence-electron chi connectivity index (χ2n) is 5.54. The van der Waals surface area contributed by atoms with Crippen molar-refractivity contribution in [2.45, 2.75) is 24.9 Å². The van der Waals surface area contributed by atoms with Gasteiger partial charge in [0, 0.05) is 24.4 Å². The van der Waals surface area contributed by atoms with Crippen LogP contribution in [0.5, 0.6) is 0 Å². The van der Waals surface area contributed by atoms with Gasteiger partial charge in [-0.05, 0) is 47.7 Å². The first kappa shape index (κ1) is 14.0. The van der Waals surface area contributed by atoms with Crippen LogP contribution in [0.1, 0.15) is 18.4 Å². The zero-order chi connectivity index (χ0) is 13.8. The first-order valence-corrected chi connectivity index (χ1v) is 8.11. The van der Waals surface area contributed by atoms with Crippen molar-refractivity contribution in [1.29, 1.82) is 0 Å². The van der Waals surface area contributed by atoms with Crippen LogP contribution in [0.3, 0.4) is 0 Å². The van der Waals surface area contributed by atoms with Crippen LogP contribution in [0, 0.1) is 0 Å². The average molecular weight is 291 g/mol. The van der Waals surface area contributed by atoms with E-state index in [0.29, 0.717) is 0 Å². The van der Waals surface area contributed by atoms with Gasteiger partial charge in [-0.3, -0.25) is 0 Å². The summed E-state index contributed by atoms with van der Waals surface area (Å²) in [4.78, 5) is 0. The van der Waals surface area contributed by atoms with E-state index in [9.17, 15) is 5.11 Å². The summed E-state index contributed by atoms with van der Waals surface area (Å²) in [5, 5.41) is 16.5. The van der Waals surface area contributed by atoms with E-state index >= 15 is 0 Å². The molecular formula is C16H21NO2S. The molecule has 0 atom stereocenters. The molecule has 3 rings (SSSR count). The molecule has 0 amide bonds. The maximum atomic E-state index is 9.92. The van der Waals surface area contributed by atoms with Crippen LogP contribution in [0.15, 0.2) is 29.6 Å². The molecule has 0 unspecified atom stereocenters. The van der Waals surface area contributed by atoms with E-state index in [4.69, 9.17) is 4.74 Å². The number of nitrogens with one attached hydrogen (secondary N) is 1. The Morgan fingerprint density at radius 1 is 1.25 bits per heavy atom. The SMILES string of the molecule is OC1(CCCOCCc2cccc3sccc23)CNC1. The van der Waals surface area contributed by atoms with E-state index in [0.717, 1.165) is 45.6 Å². The number of β-amino-alcohol motifs (C(OH)–C–C–N with tert-alkyl or cyclic N) is 1. The number of benzene rings is 1. The van der Waals surface area contributed by atoms with Crippen LogP contribution in [0.25, 0.3) is 10.1 Å². The van der Waals surface area contributed by atoms with E-state index in [1.54, 1.807) is 11.3 Å². The van der Waals surface area contributed by atoms with E-state index in [1.165, 1.54) is 15.6 Å². The minimum absolute atomic E-state index is 0.467. The molecule has 2 N–H and O–H groups in total. The Morgan fingerprint density at radius 2 is 2.15 bits per heavy atom. The van der Waals surface area contributed by atoms with Crippen LogP contribution in [0.2, 0.25) is 0 Å². The minimum Gasteiger partial charge on any atom is -0.387 e. The van der Waals surface area contributed by atoms with Crippen molar-refractivity contribution in [3.63, 3.8) is 0 Å². The van der Waals surface area contributed by atoms with Gasteiger partial charge in [-0.1, -0.05) is 12.1 Å². The van der Waals surface area contributed by atoms with Crippen molar-refractivity contribution in [1.82, 2.24) is 5.32 Å². The molecule has 1 aliphatic rings. The van der Waals surface area contributed by atoms with Gasteiger partial charge in [0.15, 0.2) is 0 Å². The Labute approximate surface area is 123 Å². The summed E-state index contributed by atoms with van der Waals surface area (Å²) in [6.45, 7) is 2.95. The van der Waals surface area contributed by atoms with Crippen molar-refractivity contribution in [3.8, 4) is 0 Å². The zero-order valence-corrected chi connectivity index (χ0v) is 12.4. The molecule has 2 heterocycles. The quantitative estimate of drug-likeness (QED) is 0.770. The number of rotatable bonds is 7. The van der Waals surface area contributed by atoms with Crippen LogP contribution in [0.4, 0.5) is 0 Å². The molecule has 0 saturated carbocycles. The number of fused-ring (bicyclic) bond motifs is 1. The maximum Gasteiger partial charge on any atom is 0.0895 e. The number of thiophene rings is 1. The monoisotopic (exact) mass is 291 g/mol. The Kier molecular flexibility index (Phi) is 4.36. The highest BCUT2D eigenvalue weighted by molar-refractivity contribution is 7.17. The van der Waals surface area contributed by atoms with Gasteiger partial charge in [-0.2, -0.15) is 0 Å². The molecule has 1 fully saturated rings. The predicted octanol–water partition coefficient (Wildman–Crippen LogP) is 2.57. The van der Waals surface area contributed by atoms with Crippen molar-refractivity contribution in [3.05, 3.63) is 35.2 Å². The third kappa shape index (κ3) is 3.20. The van der Waals surface area contributed by atoms with Crippen molar-refractivity contribution in [2.24, 2.45) is 0 Å². The molecule has 1 aromatic heterocycles. The van der Waals surface area contributed by atoms with Gasteiger partial charge in [0.25, 0.3) is 0 Å². The highest BCUT2D eigenvalue weighted by Gasteiger charge is 2.33. The van der Waals surface area contributed by atoms with Gasteiger partial charge in [0.05, 0.1) is 12.2 Å². The topological polar surface area (TPSA) is 41.5 Å². The van der Waals surface area contributed by atoms with Gasteiger partial charge < -0.3 is 15.2 Å². The number of ether oxygens (including phenoxy) is 1. The Hall–Kier alpha value is -0.940.